The summed E-state index contributed by atoms with van der Waals surface area (Å²) in [5.74, 6) is 0.293. The summed E-state index contributed by atoms with van der Waals surface area (Å²) in [7, 11) is 1.68. The van der Waals surface area contributed by atoms with E-state index in [1.165, 1.54) is 0 Å². The van der Waals surface area contributed by atoms with E-state index in [4.69, 9.17) is 4.74 Å². The third-order valence-electron chi connectivity index (χ3n) is 3.71. The lowest BCUT2D eigenvalue weighted by molar-refractivity contribution is -0.147. The molecule has 0 saturated carbocycles. The average molecular weight is 227 g/mol. The molecule has 3 nitrogen and oxygen atoms in total. The Kier molecular flexibility index (Phi) is 4.93. The number of carbonyl (C=O) groups excluding carboxylic acids is 1. The Morgan fingerprint density at radius 2 is 1.94 bits per heavy atom. The van der Waals surface area contributed by atoms with Gasteiger partial charge in [0.2, 0.25) is 0 Å². The van der Waals surface area contributed by atoms with Gasteiger partial charge in [0.05, 0.1) is 0 Å². The average Bonchev–Trinajstić information content (AvgIpc) is 2.29. The first-order valence-electron chi connectivity index (χ1n) is 6.38. The SMILES string of the molecule is CCCC(=O)C1(OC)CCN(C(C)C)CC1. The first-order chi connectivity index (χ1) is 7.55. The summed E-state index contributed by atoms with van der Waals surface area (Å²) in [5.41, 5.74) is -0.485. The lowest BCUT2D eigenvalue weighted by Gasteiger charge is -2.41. The molecule has 1 heterocycles. The van der Waals surface area contributed by atoms with Gasteiger partial charge in [-0.1, -0.05) is 6.92 Å². The maximum Gasteiger partial charge on any atom is 0.164 e. The van der Waals surface area contributed by atoms with Crippen molar-refractivity contribution in [3.63, 3.8) is 0 Å². The van der Waals surface area contributed by atoms with Crippen LogP contribution < -0.4 is 0 Å². The predicted octanol–water partition coefficient (Wildman–Crippen LogP) is 2.25. The van der Waals surface area contributed by atoms with Crippen molar-refractivity contribution < 1.29 is 9.53 Å². The van der Waals surface area contributed by atoms with Crippen molar-refractivity contribution in [1.29, 1.82) is 0 Å². The van der Waals surface area contributed by atoms with Crippen LogP contribution in [0.15, 0.2) is 0 Å². The molecule has 16 heavy (non-hydrogen) atoms. The molecule has 0 aromatic rings. The third kappa shape index (κ3) is 2.83. The Bertz CT molecular complexity index is 230. The summed E-state index contributed by atoms with van der Waals surface area (Å²) in [6.45, 7) is 8.40. The molecule has 0 aliphatic carbocycles. The summed E-state index contributed by atoms with van der Waals surface area (Å²) >= 11 is 0. The normalized spacial score (nSPS) is 21.3. The molecule has 0 aromatic heterocycles. The number of piperidine rings is 1. The van der Waals surface area contributed by atoms with Crippen LogP contribution in [0.2, 0.25) is 0 Å². The minimum Gasteiger partial charge on any atom is -0.370 e. The zero-order chi connectivity index (χ0) is 12.2. The van der Waals surface area contributed by atoms with E-state index in [1.54, 1.807) is 7.11 Å². The topological polar surface area (TPSA) is 29.5 Å². The van der Waals surface area contributed by atoms with Gasteiger partial charge in [0.25, 0.3) is 0 Å². The molecule has 0 amide bonds. The van der Waals surface area contributed by atoms with E-state index in [-0.39, 0.29) is 0 Å². The van der Waals surface area contributed by atoms with Gasteiger partial charge in [-0.2, -0.15) is 0 Å². The highest BCUT2D eigenvalue weighted by Gasteiger charge is 2.40. The highest BCUT2D eigenvalue weighted by molar-refractivity contribution is 5.87. The molecule has 1 fully saturated rings. The zero-order valence-electron chi connectivity index (χ0n) is 11.1. The van der Waals surface area contributed by atoms with E-state index in [0.717, 1.165) is 32.4 Å². The molecular formula is C13H25NO2. The van der Waals surface area contributed by atoms with Crippen molar-refractivity contribution in [3.05, 3.63) is 0 Å². The smallest absolute Gasteiger partial charge is 0.164 e. The van der Waals surface area contributed by atoms with E-state index in [9.17, 15) is 4.79 Å². The van der Waals surface area contributed by atoms with Crippen molar-refractivity contribution >= 4 is 5.78 Å². The van der Waals surface area contributed by atoms with Gasteiger partial charge in [-0.05, 0) is 33.1 Å². The number of rotatable bonds is 5. The number of ether oxygens (including phenoxy) is 1. The van der Waals surface area contributed by atoms with Crippen molar-refractivity contribution in [3.8, 4) is 0 Å². The number of nitrogens with zero attached hydrogens (tertiary/aromatic N) is 1. The van der Waals surface area contributed by atoms with Crippen LogP contribution in [0.25, 0.3) is 0 Å². The fraction of sp³-hybridized carbons (Fsp3) is 0.923. The van der Waals surface area contributed by atoms with E-state index in [2.05, 4.69) is 18.7 Å². The Balaban J connectivity index is 2.61. The van der Waals surface area contributed by atoms with Gasteiger partial charge in [0.1, 0.15) is 5.60 Å². The number of hydrogen-bond donors (Lipinski definition) is 0. The number of ketones is 1. The molecule has 0 bridgehead atoms. The van der Waals surface area contributed by atoms with Gasteiger partial charge in [-0.15, -0.1) is 0 Å². The van der Waals surface area contributed by atoms with Gasteiger partial charge in [-0.25, -0.2) is 0 Å². The van der Waals surface area contributed by atoms with Crippen LogP contribution in [0.4, 0.5) is 0 Å². The van der Waals surface area contributed by atoms with Crippen LogP contribution in [0, 0.1) is 0 Å². The van der Waals surface area contributed by atoms with E-state index in [1.807, 2.05) is 6.92 Å². The molecular weight excluding hydrogens is 202 g/mol. The summed E-state index contributed by atoms with van der Waals surface area (Å²) < 4.78 is 5.54. The predicted molar refractivity (Wildman–Crippen MR) is 65.6 cm³/mol. The summed E-state index contributed by atoms with van der Waals surface area (Å²) in [4.78, 5) is 14.5. The van der Waals surface area contributed by atoms with Gasteiger partial charge >= 0.3 is 0 Å². The number of likely N-dealkylation sites (tertiary alicyclic amines) is 1. The molecule has 1 aliphatic heterocycles. The number of methoxy groups -OCH3 is 1. The van der Waals surface area contributed by atoms with Crippen molar-refractivity contribution in [1.82, 2.24) is 4.90 Å². The second kappa shape index (κ2) is 5.78. The molecule has 0 N–H and O–H groups in total. The number of carbonyl (C=O) groups is 1. The summed E-state index contributed by atoms with van der Waals surface area (Å²) in [5, 5.41) is 0. The highest BCUT2D eigenvalue weighted by Crippen LogP contribution is 2.29. The fourth-order valence-corrected chi connectivity index (χ4v) is 2.45. The lowest BCUT2D eigenvalue weighted by atomic mass is 9.84. The van der Waals surface area contributed by atoms with Gasteiger partial charge in [-0.3, -0.25) is 4.79 Å². The highest BCUT2D eigenvalue weighted by atomic mass is 16.5. The molecule has 0 radical (unpaired) electrons. The standard InChI is InChI=1S/C13H25NO2/c1-5-6-12(15)13(16-4)7-9-14(10-8-13)11(2)3/h11H,5-10H2,1-4H3. The molecule has 0 aromatic carbocycles. The maximum atomic E-state index is 12.1. The largest absolute Gasteiger partial charge is 0.370 e. The molecule has 0 unspecified atom stereocenters. The van der Waals surface area contributed by atoms with E-state index >= 15 is 0 Å². The summed E-state index contributed by atoms with van der Waals surface area (Å²) in [6, 6.07) is 0.566. The minimum atomic E-state index is -0.485. The first-order valence-corrected chi connectivity index (χ1v) is 6.38. The Morgan fingerprint density at radius 1 is 1.38 bits per heavy atom. The van der Waals surface area contributed by atoms with Crippen LogP contribution in [0.3, 0.4) is 0 Å². The third-order valence-corrected chi connectivity index (χ3v) is 3.71. The van der Waals surface area contributed by atoms with Crippen LogP contribution in [0.1, 0.15) is 46.5 Å². The molecule has 3 heteroatoms. The van der Waals surface area contributed by atoms with Crippen molar-refractivity contribution in [2.75, 3.05) is 20.2 Å². The van der Waals surface area contributed by atoms with Crippen LogP contribution in [-0.4, -0.2) is 42.5 Å². The van der Waals surface area contributed by atoms with Crippen molar-refractivity contribution in [2.45, 2.75) is 58.1 Å². The van der Waals surface area contributed by atoms with Gasteiger partial charge in [0.15, 0.2) is 5.78 Å². The first kappa shape index (κ1) is 13.7. The molecule has 1 aliphatic rings. The number of Topliss-reactive ketones (excluding diaryl/α,β-unsaturated/α-hetero) is 1. The van der Waals surface area contributed by atoms with Crippen molar-refractivity contribution in [2.24, 2.45) is 0 Å². The Hall–Kier alpha value is -0.410. The minimum absolute atomic E-state index is 0.293. The zero-order valence-corrected chi connectivity index (χ0v) is 11.1. The maximum absolute atomic E-state index is 12.1. The van der Waals surface area contributed by atoms with Crippen LogP contribution >= 0.6 is 0 Å². The van der Waals surface area contributed by atoms with Crippen LogP contribution in [0.5, 0.6) is 0 Å². The van der Waals surface area contributed by atoms with E-state index < -0.39 is 5.60 Å². The molecule has 1 rings (SSSR count). The summed E-state index contributed by atoms with van der Waals surface area (Å²) in [6.07, 6.45) is 3.26. The number of hydrogen-bond acceptors (Lipinski definition) is 3. The fourth-order valence-electron chi connectivity index (χ4n) is 2.45. The second-order valence-electron chi connectivity index (χ2n) is 5.00. The second-order valence-corrected chi connectivity index (χ2v) is 5.00. The molecule has 1 saturated heterocycles. The van der Waals surface area contributed by atoms with Crippen LogP contribution in [-0.2, 0) is 9.53 Å². The molecule has 94 valence electrons. The Morgan fingerprint density at radius 3 is 2.31 bits per heavy atom. The lowest BCUT2D eigenvalue weighted by Crippen LogP contribution is -2.52. The Labute approximate surface area is 99.1 Å². The molecule has 0 atom stereocenters. The van der Waals surface area contributed by atoms with Gasteiger partial charge in [0, 0.05) is 32.7 Å². The van der Waals surface area contributed by atoms with Gasteiger partial charge < -0.3 is 9.64 Å². The molecule has 0 spiro atoms. The van der Waals surface area contributed by atoms with E-state index in [0.29, 0.717) is 18.2 Å². The monoisotopic (exact) mass is 227 g/mol. The quantitative estimate of drug-likeness (QED) is 0.721.